The molecule has 0 aromatic heterocycles. The van der Waals surface area contributed by atoms with Crippen molar-refractivity contribution < 1.29 is 4.74 Å². The molecule has 0 spiro atoms. The van der Waals surface area contributed by atoms with E-state index in [1.54, 1.807) is 0 Å². The van der Waals surface area contributed by atoms with Crippen molar-refractivity contribution >= 4 is 0 Å². The highest BCUT2D eigenvalue weighted by Gasteiger charge is 2.05. The average molecular weight is 192 g/mol. The van der Waals surface area contributed by atoms with E-state index in [1.165, 1.54) is 12.0 Å². The Morgan fingerprint density at radius 3 is 2.57 bits per heavy atom. The zero-order valence-corrected chi connectivity index (χ0v) is 9.42. The van der Waals surface area contributed by atoms with E-state index >= 15 is 0 Å². The molecule has 0 aliphatic heterocycles. The van der Waals surface area contributed by atoms with Crippen LogP contribution in [0.3, 0.4) is 0 Å². The number of para-hydroxylation sites is 1. The molecule has 1 aromatic rings. The van der Waals surface area contributed by atoms with Crippen molar-refractivity contribution in [1.29, 1.82) is 0 Å². The molecule has 0 amide bonds. The maximum Gasteiger partial charge on any atom is 0.122 e. The molecule has 0 radical (unpaired) electrons. The summed E-state index contributed by atoms with van der Waals surface area (Å²) in [6, 6.07) is 8.34. The maximum absolute atomic E-state index is 5.85. The van der Waals surface area contributed by atoms with E-state index in [4.69, 9.17) is 4.74 Å². The molecule has 1 unspecified atom stereocenters. The van der Waals surface area contributed by atoms with Gasteiger partial charge in [0, 0.05) is 0 Å². The smallest absolute Gasteiger partial charge is 0.122 e. The van der Waals surface area contributed by atoms with E-state index < -0.39 is 0 Å². The summed E-state index contributed by atoms with van der Waals surface area (Å²) in [7, 11) is 0. The molecule has 14 heavy (non-hydrogen) atoms. The highest BCUT2D eigenvalue weighted by atomic mass is 16.5. The third-order valence-corrected chi connectivity index (χ3v) is 2.40. The van der Waals surface area contributed by atoms with Crippen molar-refractivity contribution in [3.8, 4) is 5.75 Å². The first-order valence-electron chi connectivity index (χ1n) is 5.52. The Labute approximate surface area is 87.1 Å². The van der Waals surface area contributed by atoms with Crippen LogP contribution in [-0.4, -0.2) is 6.10 Å². The standard InChI is InChI=1S/C13H20O/c1-4-8-12-9-6-7-10-13(12)14-11(3)5-2/h6-7,9-11H,4-5,8H2,1-3H3. The maximum atomic E-state index is 5.85. The summed E-state index contributed by atoms with van der Waals surface area (Å²) in [6.07, 6.45) is 3.64. The van der Waals surface area contributed by atoms with Crippen molar-refractivity contribution in [3.05, 3.63) is 29.8 Å². The van der Waals surface area contributed by atoms with Gasteiger partial charge in [0.1, 0.15) is 5.75 Å². The average Bonchev–Trinajstić information content (AvgIpc) is 2.21. The second-order valence-electron chi connectivity index (χ2n) is 3.69. The summed E-state index contributed by atoms with van der Waals surface area (Å²) >= 11 is 0. The van der Waals surface area contributed by atoms with Crippen LogP contribution in [0.25, 0.3) is 0 Å². The number of hydrogen-bond acceptors (Lipinski definition) is 1. The Hall–Kier alpha value is -0.980. The third kappa shape index (κ3) is 3.06. The summed E-state index contributed by atoms with van der Waals surface area (Å²) in [4.78, 5) is 0. The molecular formula is C13H20O. The Balaban J connectivity index is 2.73. The van der Waals surface area contributed by atoms with E-state index in [1.807, 2.05) is 6.07 Å². The molecule has 78 valence electrons. The third-order valence-electron chi connectivity index (χ3n) is 2.40. The fourth-order valence-corrected chi connectivity index (χ4v) is 1.39. The molecular weight excluding hydrogens is 172 g/mol. The zero-order chi connectivity index (χ0) is 10.4. The first kappa shape index (κ1) is 11.1. The van der Waals surface area contributed by atoms with Gasteiger partial charge in [0.05, 0.1) is 6.10 Å². The second-order valence-corrected chi connectivity index (χ2v) is 3.69. The lowest BCUT2D eigenvalue weighted by Crippen LogP contribution is -2.10. The summed E-state index contributed by atoms with van der Waals surface area (Å²) in [5, 5.41) is 0. The molecule has 0 bridgehead atoms. The lowest BCUT2D eigenvalue weighted by atomic mass is 10.1. The van der Waals surface area contributed by atoms with Gasteiger partial charge in [0.15, 0.2) is 0 Å². The molecule has 1 nitrogen and oxygen atoms in total. The second kappa shape index (κ2) is 5.69. The minimum Gasteiger partial charge on any atom is -0.490 e. The molecule has 0 aliphatic carbocycles. The Morgan fingerprint density at radius 2 is 1.93 bits per heavy atom. The van der Waals surface area contributed by atoms with Gasteiger partial charge in [-0.2, -0.15) is 0 Å². The van der Waals surface area contributed by atoms with Crippen LogP contribution in [0.1, 0.15) is 39.2 Å². The fraction of sp³-hybridized carbons (Fsp3) is 0.538. The van der Waals surface area contributed by atoms with Gasteiger partial charge in [-0.15, -0.1) is 0 Å². The van der Waals surface area contributed by atoms with Gasteiger partial charge in [0.25, 0.3) is 0 Å². The molecule has 0 saturated heterocycles. The molecule has 1 aromatic carbocycles. The van der Waals surface area contributed by atoms with Gasteiger partial charge >= 0.3 is 0 Å². The highest BCUT2D eigenvalue weighted by Crippen LogP contribution is 2.21. The van der Waals surface area contributed by atoms with Gasteiger partial charge in [-0.1, -0.05) is 38.5 Å². The summed E-state index contributed by atoms with van der Waals surface area (Å²) < 4.78 is 5.85. The summed E-state index contributed by atoms with van der Waals surface area (Å²) in [5.74, 6) is 1.06. The molecule has 0 heterocycles. The van der Waals surface area contributed by atoms with Crippen LogP contribution in [-0.2, 0) is 6.42 Å². The van der Waals surface area contributed by atoms with Crippen LogP contribution in [0, 0.1) is 0 Å². The van der Waals surface area contributed by atoms with Crippen LogP contribution in [0.5, 0.6) is 5.75 Å². The highest BCUT2D eigenvalue weighted by molar-refractivity contribution is 5.33. The number of benzene rings is 1. The van der Waals surface area contributed by atoms with Crippen LogP contribution in [0.4, 0.5) is 0 Å². The summed E-state index contributed by atoms with van der Waals surface area (Å²) in [6.45, 7) is 6.45. The number of aryl methyl sites for hydroxylation is 1. The normalized spacial score (nSPS) is 12.5. The quantitative estimate of drug-likeness (QED) is 0.689. The number of ether oxygens (including phenoxy) is 1. The minimum atomic E-state index is 0.313. The van der Waals surface area contributed by atoms with E-state index in [2.05, 4.69) is 39.0 Å². The van der Waals surface area contributed by atoms with E-state index in [0.717, 1.165) is 18.6 Å². The van der Waals surface area contributed by atoms with E-state index in [-0.39, 0.29) is 0 Å². The van der Waals surface area contributed by atoms with Crippen LogP contribution in [0.15, 0.2) is 24.3 Å². The van der Waals surface area contributed by atoms with Crippen molar-refractivity contribution in [2.45, 2.75) is 46.1 Å². The van der Waals surface area contributed by atoms with Crippen molar-refractivity contribution in [2.75, 3.05) is 0 Å². The predicted octanol–water partition coefficient (Wildman–Crippen LogP) is 3.82. The van der Waals surface area contributed by atoms with Crippen molar-refractivity contribution in [2.24, 2.45) is 0 Å². The van der Waals surface area contributed by atoms with Crippen LogP contribution < -0.4 is 4.74 Å². The van der Waals surface area contributed by atoms with E-state index in [0.29, 0.717) is 6.10 Å². The van der Waals surface area contributed by atoms with Gasteiger partial charge < -0.3 is 4.74 Å². The van der Waals surface area contributed by atoms with Crippen LogP contribution >= 0.6 is 0 Å². The molecule has 0 saturated carbocycles. The predicted molar refractivity (Wildman–Crippen MR) is 60.8 cm³/mol. The molecule has 1 atom stereocenters. The fourth-order valence-electron chi connectivity index (χ4n) is 1.39. The molecule has 0 N–H and O–H groups in total. The zero-order valence-electron chi connectivity index (χ0n) is 9.42. The first-order chi connectivity index (χ1) is 6.77. The van der Waals surface area contributed by atoms with E-state index in [9.17, 15) is 0 Å². The van der Waals surface area contributed by atoms with Gasteiger partial charge in [-0.25, -0.2) is 0 Å². The van der Waals surface area contributed by atoms with Crippen molar-refractivity contribution in [1.82, 2.24) is 0 Å². The molecule has 1 rings (SSSR count). The molecule has 0 fully saturated rings. The topological polar surface area (TPSA) is 9.23 Å². The first-order valence-corrected chi connectivity index (χ1v) is 5.52. The number of rotatable bonds is 5. The Kier molecular flexibility index (Phi) is 4.51. The molecule has 1 heteroatoms. The monoisotopic (exact) mass is 192 g/mol. The van der Waals surface area contributed by atoms with Gasteiger partial charge in [-0.05, 0) is 31.4 Å². The van der Waals surface area contributed by atoms with Crippen molar-refractivity contribution in [3.63, 3.8) is 0 Å². The van der Waals surface area contributed by atoms with Crippen LogP contribution in [0.2, 0.25) is 0 Å². The lowest BCUT2D eigenvalue weighted by Gasteiger charge is -2.15. The minimum absolute atomic E-state index is 0.313. The molecule has 0 aliphatic rings. The Morgan fingerprint density at radius 1 is 1.21 bits per heavy atom. The van der Waals surface area contributed by atoms with Gasteiger partial charge in [-0.3, -0.25) is 0 Å². The van der Waals surface area contributed by atoms with Gasteiger partial charge in [0.2, 0.25) is 0 Å². The number of hydrogen-bond donors (Lipinski definition) is 0. The summed E-state index contributed by atoms with van der Waals surface area (Å²) in [5.41, 5.74) is 1.33. The largest absolute Gasteiger partial charge is 0.490 e. The Bertz CT molecular complexity index is 268. The SMILES string of the molecule is CCCc1ccccc1OC(C)CC. The lowest BCUT2D eigenvalue weighted by molar-refractivity contribution is 0.215.